The Labute approximate surface area is 95.5 Å². The van der Waals surface area contributed by atoms with E-state index >= 15 is 0 Å². The molecule has 1 aromatic heterocycles. The number of aromatic nitrogens is 1. The highest BCUT2D eigenvalue weighted by Crippen LogP contribution is 2.10. The Bertz CT molecular complexity index is 353. The van der Waals surface area contributed by atoms with Gasteiger partial charge in [-0.3, -0.25) is 9.78 Å². The highest BCUT2D eigenvalue weighted by atomic mass is 16.1. The van der Waals surface area contributed by atoms with Gasteiger partial charge in [0.1, 0.15) is 0 Å². The molecule has 0 aliphatic carbocycles. The monoisotopic (exact) mass is 219 g/mol. The molecule has 2 heterocycles. The van der Waals surface area contributed by atoms with Crippen molar-refractivity contribution in [2.45, 2.75) is 19.4 Å². The number of hydrogen-bond acceptors (Lipinski definition) is 3. The lowest BCUT2D eigenvalue weighted by Crippen LogP contribution is -2.48. The van der Waals surface area contributed by atoms with Gasteiger partial charge in [0.2, 0.25) is 0 Å². The summed E-state index contributed by atoms with van der Waals surface area (Å²) in [6.07, 6.45) is 4.32. The van der Waals surface area contributed by atoms with Crippen molar-refractivity contribution in [3.05, 3.63) is 30.1 Å². The first-order valence-corrected chi connectivity index (χ1v) is 5.67. The van der Waals surface area contributed by atoms with Gasteiger partial charge in [-0.25, -0.2) is 0 Å². The second-order valence-corrected chi connectivity index (χ2v) is 4.41. The van der Waals surface area contributed by atoms with Crippen molar-refractivity contribution in [2.24, 2.45) is 5.92 Å². The molecule has 0 saturated carbocycles. The van der Waals surface area contributed by atoms with Crippen LogP contribution in [0.1, 0.15) is 23.7 Å². The SMILES string of the molecule is CC1CNCC(NC(=O)c2ccncc2)C1. The number of nitrogens with zero attached hydrogens (tertiary/aromatic N) is 1. The lowest BCUT2D eigenvalue weighted by molar-refractivity contribution is 0.0925. The van der Waals surface area contributed by atoms with Crippen LogP contribution in [-0.4, -0.2) is 30.0 Å². The molecule has 2 N–H and O–H groups in total. The zero-order valence-electron chi connectivity index (χ0n) is 9.44. The largest absolute Gasteiger partial charge is 0.348 e. The minimum absolute atomic E-state index is 0.0108. The van der Waals surface area contributed by atoms with E-state index in [0.717, 1.165) is 19.5 Å². The Hall–Kier alpha value is -1.42. The predicted molar refractivity (Wildman–Crippen MR) is 62.1 cm³/mol. The molecule has 0 spiro atoms. The van der Waals surface area contributed by atoms with Crippen molar-refractivity contribution in [2.75, 3.05) is 13.1 Å². The number of hydrogen-bond donors (Lipinski definition) is 2. The number of amides is 1. The number of nitrogens with one attached hydrogen (secondary N) is 2. The molecule has 2 rings (SSSR count). The standard InChI is InChI=1S/C12H17N3O/c1-9-6-11(8-14-7-9)15-12(16)10-2-4-13-5-3-10/h2-5,9,11,14H,6-8H2,1H3,(H,15,16). The summed E-state index contributed by atoms with van der Waals surface area (Å²) in [6, 6.07) is 3.70. The van der Waals surface area contributed by atoms with Gasteiger partial charge in [-0.15, -0.1) is 0 Å². The minimum Gasteiger partial charge on any atom is -0.348 e. The molecular weight excluding hydrogens is 202 g/mol. The van der Waals surface area contributed by atoms with Gasteiger partial charge < -0.3 is 10.6 Å². The second-order valence-electron chi connectivity index (χ2n) is 4.41. The Morgan fingerprint density at radius 2 is 2.19 bits per heavy atom. The van der Waals surface area contributed by atoms with Crippen molar-refractivity contribution < 1.29 is 4.79 Å². The van der Waals surface area contributed by atoms with Gasteiger partial charge in [-0.1, -0.05) is 6.92 Å². The number of piperidine rings is 1. The third kappa shape index (κ3) is 2.79. The third-order valence-electron chi connectivity index (χ3n) is 2.85. The van der Waals surface area contributed by atoms with Crippen LogP contribution in [0.15, 0.2) is 24.5 Å². The normalized spacial score (nSPS) is 25.1. The van der Waals surface area contributed by atoms with Crippen LogP contribution in [0.3, 0.4) is 0 Å². The van der Waals surface area contributed by atoms with E-state index in [4.69, 9.17) is 0 Å². The molecule has 1 aliphatic heterocycles. The average molecular weight is 219 g/mol. The summed E-state index contributed by atoms with van der Waals surface area (Å²) in [5.74, 6) is 0.611. The van der Waals surface area contributed by atoms with E-state index in [1.807, 2.05) is 0 Å². The number of carbonyl (C=O) groups excluding carboxylic acids is 1. The first-order chi connectivity index (χ1) is 7.75. The van der Waals surface area contributed by atoms with Crippen LogP contribution >= 0.6 is 0 Å². The van der Waals surface area contributed by atoms with Crippen molar-refractivity contribution >= 4 is 5.91 Å². The Kier molecular flexibility index (Phi) is 3.51. The first kappa shape index (κ1) is 11.1. The van der Waals surface area contributed by atoms with E-state index in [1.54, 1.807) is 24.5 Å². The molecule has 0 radical (unpaired) electrons. The molecule has 16 heavy (non-hydrogen) atoms. The second kappa shape index (κ2) is 5.07. The quantitative estimate of drug-likeness (QED) is 0.774. The van der Waals surface area contributed by atoms with Gasteiger partial charge in [0.05, 0.1) is 0 Å². The van der Waals surface area contributed by atoms with Gasteiger partial charge in [0.25, 0.3) is 5.91 Å². The van der Waals surface area contributed by atoms with Gasteiger partial charge in [0.15, 0.2) is 0 Å². The summed E-state index contributed by atoms with van der Waals surface area (Å²) in [7, 11) is 0. The minimum atomic E-state index is -0.0108. The lowest BCUT2D eigenvalue weighted by atomic mass is 9.97. The molecular formula is C12H17N3O. The maximum Gasteiger partial charge on any atom is 0.251 e. The van der Waals surface area contributed by atoms with Crippen LogP contribution in [0, 0.1) is 5.92 Å². The van der Waals surface area contributed by atoms with Crippen molar-refractivity contribution in [1.82, 2.24) is 15.6 Å². The van der Waals surface area contributed by atoms with Crippen LogP contribution < -0.4 is 10.6 Å². The third-order valence-corrected chi connectivity index (χ3v) is 2.85. The summed E-state index contributed by atoms with van der Waals surface area (Å²) in [5.41, 5.74) is 0.674. The topological polar surface area (TPSA) is 54.0 Å². The van der Waals surface area contributed by atoms with Gasteiger partial charge >= 0.3 is 0 Å². The number of carbonyl (C=O) groups is 1. The summed E-state index contributed by atoms with van der Waals surface area (Å²) in [5, 5.41) is 6.35. The molecule has 1 fully saturated rings. The van der Waals surface area contributed by atoms with E-state index in [1.165, 1.54) is 0 Å². The van der Waals surface area contributed by atoms with E-state index in [9.17, 15) is 4.79 Å². The van der Waals surface area contributed by atoms with Crippen LogP contribution in [0.5, 0.6) is 0 Å². The van der Waals surface area contributed by atoms with E-state index in [2.05, 4.69) is 22.5 Å². The average Bonchev–Trinajstić information content (AvgIpc) is 2.30. The first-order valence-electron chi connectivity index (χ1n) is 5.67. The molecule has 1 saturated heterocycles. The van der Waals surface area contributed by atoms with E-state index in [-0.39, 0.29) is 11.9 Å². The summed E-state index contributed by atoms with van der Waals surface area (Å²) < 4.78 is 0. The van der Waals surface area contributed by atoms with E-state index < -0.39 is 0 Å². The molecule has 0 aromatic carbocycles. The molecule has 1 amide bonds. The molecule has 1 aliphatic rings. The zero-order valence-corrected chi connectivity index (χ0v) is 9.44. The number of pyridine rings is 1. The summed E-state index contributed by atoms with van der Waals surface area (Å²) >= 11 is 0. The Morgan fingerprint density at radius 1 is 1.44 bits per heavy atom. The van der Waals surface area contributed by atoms with Gasteiger partial charge in [0, 0.05) is 30.5 Å². The van der Waals surface area contributed by atoms with Crippen LogP contribution in [0.2, 0.25) is 0 Å². The van der Waals surface area contributed by atoms with Crippen LogP contribution in [0.4, 0.5) is 0 Å². The summed E-state index contributed by atoms with van der Waals surface area (Å²) in [4.78, 5) is 15.7. The Morgan fingerprint density at radius 3 is 2.88 bits per heavy atom. The van der Waals surface area contributed by atoms with Crippen molar-refractivity contribution in [1.29, 1.82) is 0 Å². The summed E-state index contributed by atoms with van der Waals surface area (Å²) in [6.45, 7) is 4.10. The Balaban J connectivity index is 1.92. The highest BCUT2D eigenvalue weighted by molar-refractivity contribution is 5.94. The maximum atomic E-state index is 11.9. The zero-order chi connectivity index (χ0) is 11.4. The molecule has 2 unspecified atom stereocenters. The molecule has 2 atom stereocenters. The van der Waals surface area contributed by atoms with Crippen molar-refractivity contribution in [3.8, 4) is 0 Å². The molecule has 86 valence electrons. The van der Waals surface area contributed by atoms with E-state index in [0.29, 0.717) is 11.5 Å². The fraction of sp³-hybridized carbons (Fsp3) is 0.500. The predicted octanol–water partition coefficient (Wildman–Crippen LogP) is 0.809. The maximum absolute atomic E-state index is 11.9. The molecule has 4 heteroatoms. The number of rotatable bonds is 2. The van der Waals surface area contributed by atoms with Crippen LogP contribution in [-0.2, 0) is 0 Å². The van der Waals surface area contributed by atoms with Crippen LogP contribution in [0.25, 0.3) is 0 Å². The van der Waals surface area contributed by atoms with Crippen molar-refractivity contribution in [3.63, 3.8) is 0 Å². The highest BCUT2D eigenvalue weighted by Gasteiger charge is 2.20. The molecule has 4 nitrogen and oxygen atoms in total. The van der Waals surface area contributed by atoms with Gasteiger partial charge in [-0.05, 0) is 31.0 Å². The fourth-order valence-corrected chi connectivity index (χ4v) is 2.04. The fourth-order valence-electron chi connectivity index (χ4n) is 2.04. The molecule has 1 aromatic rings. The lowest BCUT2D eigenvalue weighted by Gasteiger charge is -2.28. The molecule has 0 bridgehead atoms. The smallest absolute Gasteiger partial charge is 0.251 e. The van der Waals surface area contributed by atoms with Gasteiger partial charge in [-0.2, -0.15) is 0 Å².